The van der Waals surface area contributed by atoms with Gasteiger partial charge in [0.1, 0.15) is 17.9 Å². The van der Waals surface area contributed by atoms with Crippen LogP contribution in [0.4, 0.5) is 5.82 Å². The van der Waals surface area contributed by atoms with E-state index in [-0.39, 0.29) is 0 Å². The zero-order valence-corrected chi connectivity index (χ0v) is 15.7. The first-order valence-corrected chi connectivity index (χ1v) is 8.86. The number of methoxy groups -OCH3 is 1. The van der Waals surface area contributed by atoms with E-state index in [0.29, 0.717) is 11.6 Å². The van der Waals surface area contributed by atoms with Gasteiger partial charge in [-0.3, -0.25) is 0 Å². The molecule has 0 aliphatic carbocycles. The number of nitrogens with zero attached hydrogens (tertiary/aromatic N) is 4. The highest BCUT2D eigenvalue weighted by Crippen LogP contribution is 2.26. The Morgan fingerprint density at radius 1 is 1.15 bits per heavy atom. The van der Waals surface area contributed by atoms with E-state index in [4.69, 9.17) is 16.3 Å². The number of benzene rings is 2. The van der Waals surface area contributed by atoms with Crippen molar-refractivity contribution in [2.75, 3.05) is 12.4 Å². The van der Waals surface area contributed by atoms with Crippen LogP contribution in [-0.4, -0.2) is 26.9 Å². The molecule has 0 saturated carbocycles. The molecule has 0 bridgehead atoms. The van der Waals surface area contributed by atoms with E-state index in [2.05, 4.69) is 20.4 Å². The summed E-state index contributed by atoms with van der Waals surface area (Å²) in [5.74, 6) is 1.55. The number of hydrogen-bond donors (Lipinski definition) is 1. The van der Waals surface area contributed by atoms with Crippen molar-refractivity contribution in [1.29, 1.82) is 0 Å². The van der Waals surface area contributed by atoms with E-state index >= 15 is 0 Å². The van der Waals surface area contributed by atoms with Crippen LogP contribution in [-0.2, 0) is 6.54 Å². The standard InChI is InChI=1S/C20H18ClN5O/c1-13-7-8-15(21)9-17(13)26-20-16(11-25-26)19(23-12-24-20)22-10-14-5-3-4-6-18(14)27-2/h3-9,11-12H,10H2,1-2H3,(H,22,23,24). The number of ether oxygens (including phenoxy) is 1. The van der Waals surface area contributed by atoms with Crippen molar-refractivity contribution in [2.45, 2.75) is 13.5 Å². The van der Waals surface area contributed by atoms with Crippen molar-refractivity contribution in [3.05, 3.63) is 71.1 Å². The van der Waals surface area contributed by atoms with Crippen LogP contribution in [0.25, 0.3) is 16.7 Å². The number of para-hydroxylation sites is 1. The first kappa shape index (κ1) is 17.3. The summed E-state index contributed by atoms with van der Waals surface area (Å²) < 4.78 is 7.19. The first-order chi connectivity index (χ1) is 13.2. The molecule has 1 N–H and O–H groups in total. The molecule has 0 unspecified atom stereocenters. The van der Waals surface area contributed by atoms with Gasteiger partial charge >= 0.3 is 0 Å². The molecule has 2 aromatic carbocycles. The van der Waals surface area contributed by atoms with Gasteiger partial charge in [-0.05, 0) is 30.7 Å². The highest BCUT2D eigenvalue weighted by atomic mass is 35.5. The molecule has 0 amide bonds. The molecular weight excluding hydrogens is 362 g/mol. The van der Waals surface area contributed by atoms with E-state index in [9.17, 15) is 0 Å². The van der Waals surface area contributed by atoms with Crippen LogP contribution in [0.3, 0.4) is 0 Å². The molecule has 6 nitrogen and oxygen atoms in total. The van der Waals surface area contributed by atoms with Crippen molar-refractivity contribution in [3.8, 4) is 11.4 Å². The predicted octanol–water partition coefficient (Wildman–Crippen LogP) is 4.40. The van der Waals surface area contributed by atoms with E-state index in [1.807, 2.05) is 49.4 Å². The average molecular weight is 380 g/mol. The van der Waals surface area contributed by atoms with Gasteiger partial charge in [0, 0.05) is 17.1 Å². The minimum atomic E-state index is 0.581. The van der Waals surface area contributed by atoms with Crippen LogP contribution in [0.15, 0.2) is 55.0 Å². The minimum Gasteiger partial charge on any atom is -0.496 e. The highest BCUT2D eigenvalue weighted by molar-refractivity contribution is 6.30. The third-order valence-corrected chi connectivity index (χ3v) is 4.64. The van der Waals surface area contributed by atoms with Gasteiger partial charge < -0.3 is 10.1 Å². The molecule has 0 radical (unpaired) electrons. The highest BCUT2D eigenvalue weighted by Gasteiger charge is 2.13. The molecule has 0 aliphatic heterocycles. The fraction of sp³-hybridized carbons (Fsp3) is 0.150. The lowest BCUT2D eigenvalue weighted by Crippen LogP contribution is -2.05. The summed E-state index contributed by atoms with van der Waals surface area (Å²) in [7, 11) is 1.67. The van der Waals surface area contributed by atoms with Gasteiger partial charge in [0.2, 0.25) is 0 Å². The molecule has 0 fully saturated rings. The fourth-order valence-electron chi connectivity index (χ4n) is 3.00. The summed E-state index contributed by atoms with van der Waals surface area (Å²) in [6, 6.07) is 13.6. The molecule has 27 heavy (non-hydrogen) atoms. The third kappa shape index (κ3) is 3.31. The molecule has 136 valence electrons. The zero-order chi connectivity index (χ0) is 18.8. The number of aromatic nitrogens is 4. The van der Waals surface area contributed by atoms with Crippen LogP contribution in [0.2, 0.25) is 5.02 Å². The molecule has 0 spiro atoms. The summed E-state index contributed by atoms with van der Waals surface area (Å²) in [6.45, 7) is 2.60. The molecular formula is C20H18ClN5O. The Kier molecular flexibility index (Phi) is 4.64. The Hall–Kier alpha value is -3.12. The number of fused-ring (bicyclic) bond motifs is 1. The minimum absolute atomic E-state index is 0.581. The molecule has 4 rings (SSSR count). The van der Waals surface area contributed by atoms with Gasteiger partial charge in [0.15, 0.2) is 5.65 Å². The predicted molar refractivity (Wildman–Crippen MR) is 107 cm³/mol. The number of halogens is 1. The molecule has 7 heteroatoms. The topological polar surface area (TPSA) is 64.9 Å². The Labute approximate surface area is 161 Å². The maximum Gasteiger partial charge on any atom is 0.168 e. The lowest BCUT2D eigenvalue weighted by Gasteiger charge is -2.11. The van der Waals surface area contributed by atoms with Crippen LogP contribution >= 0.6 is 11.6 Å². The second-order valence-electron chi connectivity index (χ2n) is 6.11. The monoisotopic (exact) mass is 379 g/mol. The summed E-state index contributed by atoms with van der Waals surface area (Å²) in [4.78, 5) is 8.80. The van der Waals surface area contributed by atoms with Crippen molar-refractivity contribution < 1.29 is 4.74 Å². The van der Waals surface area contributed by atoms with Gasteiger partial charge in [-0.15, -0.1) is 0 Å². The van der Waals surface area contributed by atoms with E-state index in [0.717, 1.165) is 39.4 Å². The number of nitrogens with one attached hydrogen (secondary N) is 1. The SMILES string of the molecule is COc1ccccc1CNc1ncnc2c1cnn2-c1cc(Cl)ccc1C. The third-order valence-electron chi connectivity index (χ3n) is 4.40. The van der Waals surface area contributed by atoms with Crippen molar-refractivity contribution in [3.63, 3.8) is 0 Å². The molecule has 2 aromatic heterocycles. The van der Waals surface area contributed by atoms with Crippen LogP contribution in [0.5, 0.6) is 5.75 Å². The largest absolute Gasteiger partial charge is 0.496 e. The number of hydrogen-bond acceptors (Lipinski definition) is 5. The quantitative estimate of drug-likeness (QED) is 0.556. The van der Waals surface area contributed by atoms with Crippen LogP contribution in [0.1, 0.15) is 11.1 Å². The van der Waals surface area contributed by atoms with Gasteiger partial charge in [-0.1, -0.05) is 35.9 Å². The first-order valence-electron chi connectivity index (χ1n) is 8.48. The lowest BCUT2D eigenvalue weighted by atomic mass is 10.2. The van der Waals surface area contributed by atoms with E-state index < -0.39 is 0 Å². The van der Waals surface area contributed by atoms with E-state index in [1.165, 1.54) is 6.33 Å². The van der Waals surface area contributed by atoms with Crippen molar-refractivity contribution in [2.24, 2.45) is 0 Å². The molecule has 0 atom stereocenters. The average Bonchev–Trinajstić information content (AvgIpc) is 3.13. The smallest absolute Gasteiger partial charge is 0.168 e. The summed E-state index contributed by atoms with van der Waals surface area (Å²) >= 11 is 6.16. The van der Waals surface area contributed by atoms with Gasteiger partial charge in [0.25, 0.3) is 0 Å². The van der Waals surface area contributed by atoms with Gasteiger partial charge in [-0.2, -0.15) is 5.10 Å². The van der Waals surface area contributed by atoms with Crippen molar-refractivity contribution >= 4 is 28.5 Å². The van der Waals surface area contributed by atoms with Crippen LogP contribution in [0, 0.1) is 6.92 Å². The zero-order valence-electron chi connectivity index (χ0n) is 15.0. The van der Waals surface area contributed by atoms with Crippen LogP contribution < -0.4 is 10.1 Å². The normalized spacial score (nSPS) is 10.9. The summed E-state index contributed by atoms with van der Waals surface area (Å²) in [5.41, 5.74) is 3.72. The fourth-order valence-corrected chi connectivity index (χ4v) is 3.17. The molecule has 0 saturated heterocycles. The van der Waals surface area contributed by atoms with E-state index in [1.54, 1.807) is 18.0 Å². The van der Waals surface area contributed by atoms with Gasteiger partial charge in [0.05, 0.1) is 24.4 Å². The van der Waals surface area contributed by atoms with Gasteiger partial charge in [-0.25, -0.2) is 14.6 Å². The molecule has 4 aromatic rings. The maximum absolute atomic E-state index is 6.16. The second-order valence-corrected chi connectivity index (χ2v) is 6.55. The summed E-state index contributed by atoms with van der Waals surface area (Å²) in [6.07, 6.45) is 3.30. The number of anilines is 1. The number of rotatable bonds is 5. The maximum atomic E-state index is 6.16. The summed E-state index contributed by atoms with van der Waals surface area (Å²) in [5, 5.41) is 9.36. The Bertz CT molecular complexity index is 1110. The Balaban J connectivity index is 1.70. The molecule has 0 aliphatic rings. The second kappa shape index (κ2) is 7.25. The number of aryl methyl sites for hydroxylation is 1. The molecule has 2 heterocycles. The Morgan fingerprint density at radius 3 is 2.85 bits per heavy atom. The van der Waals surface area contributed by atoms with Crippen molar-refractivity contribution in [1.82, 2.24) is 19.7 Å². The Morgan fingerprint density at radius 2 is 2.00 bits per heavy atom. The lowest BCUT2D eigenvalue weighted by molar-refractivity contribution is 0.410.